The molecule has 0 radical (unpaired) electrons. The van der Waals surface area contributed by atoms with E-state index in [1.54, 1.807) is 17.0 Å². The van der Waals surface area contributed by atoms with E-state index < -0.39 is 6.04 Å². The van der Waals surface area contributed by atoms with Gasteiger partial charge in [0.15, 0.2) is 5.76 Å². The number of carbonyl (C=O) groups excluding carboxylic acids is 2. The van der Waals surface area contributed by atoms with Crippen LogP contribution in [0.1, 0.15) is 28.6 Å². The largest absolute Gasteiger partial charge is 0.459 e. The van der Waals surface area contributed by atoms with Crippen molar-refractivity contribution < 1.29 is 18.7 Å². The monoisotopic (exact) mass is 397 g/mol. The molecule has 1 N–H and O–H groups in total. The Morgan fingerprint density at radius 3 is 2.62 bits per heavy atom. The van der Waals surface area contributed by atoms with Gasteiger partial charge >= 0.3 is 0 Å². The number of furan rings is 1. The predicted octanol–water partition coefficient (Wildman–Crippen LogP) is 1.68. The SMILES string of the molecule is CC(CNC(=O)C1Cc2ccccc2CN1C(=O)c1ccco1)N1CCOCC1. The Hall–Kier alpha value is -2.64. The zero-order valence-corrected chi connectivity index (χ0v) is 16.7. The molecule has 1 aromatic carbocycles. The summed E-state index contributed by atoms with van der Waals surface area (Å²) < 4.78 is 10.7. The third kappa shape index (κ3) is 4.36. The molecule has 2 aliphatic heterocycles. The van der Waals surface area contributed by atoms with Crippen molar-refractivity contribution in [3.63, 3.8) is 0 Å². The molecule has 4 rings (SSSR count). The summed E-state index contributed by atoms with van der Waals surface area (Å²) in [6.07, 6.45) is 1.98. The second kappa shape index (κ2) is 8.80. The molecule has 1 aromatic heterocycles. The van der Waals surface area contributed by atoms with Gasteiger partial charge in [-0.15, -0.1) is 0 Å². The molecule has 3 heterocycles. The van der Waals surface area contributed by atoms with Crippen molar-refractivity contribution in [2.24, 2.45) is 0 Å². The Kier molecular flexibility index (Phi) is 5.97. The second-order valence-electron chi connectivity index (χ2n) is 7.64. The lowest BCUT2D eigenvalue weighted by Gasteiger charge is -2.36. The molecule has 29 heavy (non-hydrogen) atoms. The Morgan fingerprint density at radius 1 is 1.14 bits per heavy atom. The fourth-order valence-electron chi connectivity index (χ4n) is 4.03. The number of hydrogen-bond donors (Lipinski definition) is 1. The van der Waals surface area contributed by atoms with E-state index in [0.717, 1.165) is 37.4 Å². The average molecular weight is 397 g/mol. The summed E-state index contributed by atoms with van der Waals surface area (Å²) in [6.45, 7) is 6.24. The summed E-state index contributed by atoms with van der Waals surface area (Å²) >= 11 is 0. The van der Waals surface area contributed by atoms with E-state index in [0.29, 0.717) is 19.5 Å². The maximum absolute atomic E-state index is 13.1. The number of carbonyl (C=O) groups is 2. The van der Waals surface area contributed by atoms with Crippen molar-refractivity contribution in [1.82, 2.24) is 15.1 Å². The van der Waals surface area contributed by atoms with Crippen LogP contribution >= 0.6 is 0 Å². The highest BCUT2D eigenvalue weighted by molar-refractivity contribution is 5.96. The highest BCUT2D eigenvalue weighted by Gasteiger charge is 2.36. The third-order valence-electron chi connectivity index (χ3n) is 5.78. The lowest BCUT2D eigenvalue weighted by Crippen LogP contribution is -2.54. The van der Waals surface area contributed by atoms with E-state index in [2.05, 4.69) is 17.1 Å². The minimum Gasteiger partial charge on any atom is -0.459 e. The number of hydrogen-bond acceptors (Lipinski definition) is 5. The van der Waals surface area contributed by atoms with Gasteiger partial charge in [-0.3, -0.25) is 14.5 Å². The summed E-state index contributed by atoms with van der Waals surface area (Å²) in [4.78, 5) is 30.0. The highest BCUT2D eigenvalue weighted by Crippen LogP contribution is 2.25. The molecule has 7 heteroatoms. The molecule has 2 atom stereocenters. The van der Waals surface area contributed by atoms with Crippen molar-refractivity contribution in [2.45, 2.75) is 32.0 Å². The minimum atomic E-state index is -0.556. The third-order valence-corrected chi connectivity index (χ3v) is 5.78. The molecule has 2 amide bonds. The maximum Gasteiger partial charge on any atom is 0.290 e. The van der Waals surface area contributed by atoms with E-state index in [1.165, 1.54) is 6.26 Å². The van der Waals surface area contributed by atoms with Gasteiger partial charge < -0.3 is 19.4 Å². The van der Waals surface area contributed by atoms with Crippen molar-refractivity contribution in [1.29, 1.82) is 0 Å². The van der Waals surface area contributed by atoms with Gasteiger partial charge in [0.2, 0.25) is 5.91 Å². The number of amides is 2. The Morgan fingerprint density at radius 2 is 1.90 bits per heavy atom. The first-order chi connectivity index (χ1) is 14.1. The zero-order valence-electron chi connectivity index (χ0n) is 16.7. The summed E-state index contributed by atoms with van der Waals surface area (Å²) in [5, 5.41) is 3.06. The summed E-state index contributed by atoms with van der Waals surface area (Å²) in [6, 6.07) is 10.9. The zero-order chi connectivity index (χ0) is 20.2. The van der Waals surface area contributed by atoms with Gasteiger partial charge in [-0.1, -0.05) is 24.3 Å². The van der Waals surface area contributed by atoms with Gasteiger partial charge in [-0.25, -0.2) is 0 Å². The quantitative estimate of drug-likeness (QED) is 0.831. The first kappa shape index (κ1) is 19.7. The van der Waals surface area contributed by atoms with Gasteiger partial charge in [0.25, 0.3) is 5.91 Å². The second-order valence-corrected chi connectivity index (χ2v) is 7.64. The fourth-order valence-corrected chi connectivity index (χ4v) is 4.03. The topological polar surface area (TPSA) is 75.0 Å². The van der Waals surface area contributed by atoms with Crippen LogP contribution in [0.25, 0.3) is 0 Å². The summed E-state index contributed by atoms with van der Waals surface area (Å²) in [5.41, 5.74) is 2.18. The molecule has 7 nitrogen and oxygen atoms in total. The van der Waals surface area contributed by atoms with E-state index in [9.17, 15) is 9.59 Å². The number of nitrogens with one attached hydrogen (secondary N) is 1. The van der Waals surface area contributed by atoms with Gasteiger partial charge in [0, 0.05) is 38.6 Å². The molecule has 2 unspecified atom stereocenters. The van der Waals surface area contributed by atoms with Crippen molar-refractivity contribution in [2.75, 3.05) is 32.8 Å². The van der Waals surface area contributed by atoms with Gasteiger partial charge in [-0.05, 0) is 30.2 Å². The van der Waals surface area contributed by atoms with Crippen LogP contribution in [-0.4, -0.2) is 66.5 Å². The van der Waals surface area contributed by atoms with Crippen LogP contribution in [0.3, 0.4) is 0 Å². The Bertz CT molecular complexity index is 846. The first-order valence-corrected chi connectivity index (χ1v) is 10.1. The average Bonchev–Trinajstić information content (AvgIpc) is 3.31. The number of fused-ring (bicyclic) bond motifs is 1. The van der Waals surface area contributed by atoms with E-state index in [1.807, 2.05) is 24.3 Å². The van der Waals surface area contributed by atoms with Gasteiger partial charge in [-0.2, -0.15) is 0 Å². The lowest BCUT2D eigenvalue weighted by atomic mass is 9.93. The molecule has 0 bridgehead atoms. The van der Waals surface area contributed by atoms with E-state index in [-0.39, 0.29) is 23.6 Å². The molecule has 0 aliphatic carbocycles. The molecule has 1 saturated heterocycles. The normalized spacial score (nSPS) is 20.7. The van der Waals surface area contributed by atoms with Crippen LogP contribution in [-0.2, 0) is 22.5 Å². The van der Waals surface area contributed by atoms with Crippen molar-refractivity contribution >= 4 is 11.8 Å². The van der Waals surface area contributed by atoms with E-state index in [4.69, 9.17) is 9.15 Å². The molecule has 0 saturated carbocycles. The predicted molar refractivity (Wildman–Crippen MR) is 107 cm³/mol. The molecular weight excluding hydrogens is 370 g/mol. The van der Waals surface area contributed by atoms with E-state index >= 15 is 0 Å². The number of ether oxygens (including phenoxy) is 1. The van der Waals surface area contributed by atoms with Crippen LogP contribution < -0.4 is 5.32 Å². The Labute approximate surface area is 170 Å². The molecule has 154 valence electrons. The summed E-state index contributed by atoms with van der Waals surface area (Å²) in [5.74, 6) is -0.130. The lowest BCUT2D eigenvalue weighted by molar-refractivity contribution is -0.126. The fraction of sp³-hybridized carbons (Fsp3) is 0.455. The number of nitrogens with zero attached hydrogens (tertiary/aromatic N) is 2. The number of rotatable bonds is 5. The first-order valence-electron chi connectivity index (χ1n) is 10.1. The Balaban J connectivity index is 1.47. The minimum absolute atomic E-state index is 0.125. The molecule has 2 aromatic rings. The van der Waals surface area contributed by atoms with Crippen LogP contribution in [0, 0.1) is 0 Å². The highest BCUT2D eigenvalue weighted by atomic mass is 16.5. The van der Waals surface area contributed by atoms with Crippen LogP contribution in [0.5, 0.6) is 0 Å². The molecule has 2 aliphatic rings. The maximum atomic E-state index is 13.1. The number of morpholine rings is 1. The van der Waals surface area contributed by atoms with Crippen LogP contribution in [0.15, 0.2) is 47.1 Å². The van der Waals surface area contributed by atoms with Gasteiger partial charge in [0.05, 0.1) is 19.5 Å². The summed E-state index contributed by atoms with van der Waals surface area (Å²) in [7, 11) is 0. The number of benzene rings is 1. The van der Waals surface area contributed by atoms with Crippen LogP contribution in [0.2, 0.25) is 0 Å². The van der Waals surface area contributed by atoms with Crippen molar-refractivity contribution in [3.8, 4) is 0 Å². The smallest absolute Gasteiger partial charge is 0.290 e. The van der Waals surface area contributed by atoms with Crippen LogP contribution in [0.4, 0.5) is 0 Å². The van der Waals surface area contributed by atoms with Gasteiger partial charge in [0.1, 0.15) is 6.04 Å². The van der Waals surface area contributed by atoms with Crippen molar-refractivity contribution in [3.05, 3.63) is 59.5 Å². The molecular formula is C22H27N3O4. The molecule has 0 spiro atoms. The standard InChI is InChI=1S/C22H27N3O4/c1-16(24-8-11-28-12-9-24)14-23-21(26)19-13-17-5-2-3-6-18(17)15-25(19)22(27)20-7-4-10-29-20/h2-7,10,16,19H,8-9,11-15H2,1H3,(H,23,26). The molecule has 1 fully saturated rings.